The molecule has 0 bridgehead atoms. The van der Waals surface area contributed by atoms with Crippen LogP contribution in [0.3, 0.4) is 0 Å². The van der Waals surface area contributed by atoms with E-state index in [1.54, 1.807) is 37.4 Å². The number of imidazole rings is 1. The van der Waals surface area contributed by atoms with E-state index in [0.29, 0.717) is 47.5 Å². The second-order valence-corrected chi connectivity index (χ2v) is 10.8. The Morgan fingerprint density at radius 2 is 1.75 bits per heavy atom. The second kappa shape index (κ2) is 11.8. The largest absolute Gasteiger partial charge is 0.481 e. The number of anilines is 1. The lowest BCUT2D eigenvalue weighted by Crippen LogP contribution is -2.40. The van der Waals surface area contributed by atoms with Gasteiger partial charge in [-0.3, -0.25) is 18.7 Å². The number of nitrogens with zero attached hydrogens (tertiary/aromatic N) is 5. The Balaban J connectivity index is 1.27. The van der Waals surface area contributed by atoms with E-state index in [0.717, 1.165) is 23.0 Å². The lowest BCUT2D eigenvalue weighted by atomic mass is 10.1. The summed E-state index contributed by atoms with van der Waals surface area (Å²) in [6.45, 7) is 0.270. The minimum atomic E-state index is -0.544. The topological polar surface area (TPSA) is 124 Å². The summed E-state index contributed by atoms with van der Waals surface area (Å²) in [5, 5.41) is 0. The molecule has 1 aliphatic rings. The molecule has 1 aliphatic carbocycles. The zero-order valence-electron chi connectivity index (χ0n) is 24.5. The highest BCUT2D eigenvalue weighted by atomic mass is 19.1. The summed E-state index contributed by atoms with van der Waals surface area (Å²) in [6, 6.07) is 16.7. The fourth-order valence-electron chi connectivity index (χ4n) is 5.14. The number of hydrogen-bond donors (Lipinski definition) is 1. The number of methoxy groups -OCH3 is 2. The number of halogens is 1. The van der Waals surface area contributed by atoms with Gasteiger partial charge in [-0.05, 0) is 48.6 Å². The molecule has 12 heteroatoms. The van der Waals surface area contributed by atoms with Gasteiger partial charge in [-0.1, -0.05) is 30.3 Å². The van der Waals surface area contributed by atoms with Crippen LogP contribution in [0.4, 0.5) is 10.1 Å². The highest BCUT2D eigenvalue weighted by Crippen LogP contribution is 2.31. The van der Waals surface area contributed by atoms with Gasteiger partial charge in [0.2, 0.25) is 11.8 Å². The van der Waals surface area contributed by atoms with Gasteiger partial charge in [-0.15, -0.1) is 0 Å². The van der Waals surface area contributed by atoms with E-state index in [-0.39, 0.29) is 29.4 Å². The van der Waals surface area contributed by atoms with E-state index in [1.165, 1.54) is 29.8 Å². The molecule has 1 amide bonds. The van der Waals surface area contributed by atoms with Crippen LogP contribution < -0.4 is 25.6 Å². The van der Waals surface area contributed by atoms with Gasteiger partial charge in [-0.2, -0.15) is 4.98 Å². The van der Waals surface area contributed by atoms with Crippen LogP contribution in [0, 0.1) is 11.7 Å². The van der Waals surface area contributed by atoms with E-state index >= 15 is 0 Å². The van der Waals surface area contributed by atoms with Gasteiger partial charge in [0.1, 0.15) is 22.7 Å². The number of hydrogen-bond acceptors (Lipinski definition) is 7. The maximum absolute atomic E-state index is 14.4. The van der Waals surface area contributed by atoms with Crippen molar-refractivity contribution >= 4 is 22.8 Å². The molecule has 3 heterocycles. The van der Waals surface area contributed by atoms with Crippen LogP contribution >= 0.6 is 0 Å². The van der Waals surface area contributed by atoms with Crippen molar-refractivity contribution in [1.82, 2.24) is 24.1 Å². The van der Waals surface area contributed by atoms with Crippen LogP contribution in [0.1, 0.15) is 40.2 Å². The van der Waals surface area contributed by atoms with Crippen LogP contribution in [-0.4, -0.2) is 51.3 Å². The Morgan fingerprint density at radius 3 is 2.43 bits per heavy atom. The first-order chi connectivity index (χ1) is 21.3. The molecule has 0 atom stereocenters. The first-order valence-corrected chi connectivity index (χ1v) is 14.2. The normalized spacial score (nSPS) is 12.8. The monoisotopic (exact) mass is 598 g/mol. The molecule has 226 valence electrons. The zero-order chi connectivity index (χ0) is 31.0. The van der Waals surface area contributed by atoms with E-state index in [4.69, 9.17) is 9.47 Å². The standard InChI is InChI=1S/C32H31FN6O5/c1-37(30(40)23-14-15-26(43-2)36-29(23)44-3)22-12-10-19(11-13-22)16-25-34-27-28(35-25)38(17-20-8-9-20)32(42)39(31(27)41)18-21-6-4-5-7-24(21)33/h4-7,10-15,20H,8-9,16-18H2,1-3H3,(H,34,35). The zero-order valence-corrected chi connectivity index (χ0v) is 24.5. The molecule has 0 aliphatic heterocycles. The summed E-state index contributed by atoms with van der Waals surface area (Å²) >= 11 is 0. The molecule has 3 aromatic heterocycles. The first kappa shape index (κ1) is 28.8. The number of benzene rings is 2. The van der Waals surface area contributed by atoms with Gasteiger partial charge < -0.3 is 19.4 Å². The molecule has 1 saturated carbocycles. The van der Waals surface area contributed by atoms with Crippen molar-refractivity contribution in [3.63, 3.8) is 0 Å². The van der Waals surface area contributed by atoms with E-state index in [9.17, 15) is 18.8 Å². The number of aromatic nitrogens is 5. The predicted molar refractivity (Wildman–Crippen MR) is 162 cm³/mol. The Labute approximate surface area is 251 Å². The first-order valence-electron chi connectivity index (χ1n) is 14.2. The summed E-state index contributed by atoms with van der Waals surface area (Å²) in [5.74, 6) is 0.573. The molecule has 0 saturated heterocycles. The van der Waals surface area contributed by atoms with Gasteiger partial charge in [0.25, 0.3) is 11.5 Å². The van der Waals surface area contributed by atoms with Crippen molar-refractivity contribution in [2.45, 2.75) is 32.4 Å². The van der Waals surface area contributed by atoms with E-state index in [1.807, 2.05) is 24.3 Å². The van der Waals surface area contributed by atoms with Crippen LogP contribution in [0.15, 0.2) is 70.3 Å². The molecule has 0 unspecified atom stereocenters. The molecular formula is C32H31FN6O5. The van der Waals surface area contributed by atoms with Crippen molar-refractivity contribution in [2.24, 2.45) is 5.92 Å². The van der Waals surface area contributed by atoms with E-state index < -0.39 is 17.1 Å². The number of fused-ring (bicyclic) bond motifs is 1. The average molecular weight is 599 g/mol. The third-order valence-electron chi connectivity index (χ3n) is 7.80. The van der Waals surface area contributed by atoms with Gasteiger partial charge in [0.05, 0.1) is 20.8 Å². The minimum Gasteiger partial charge on any atom is -0.481 e. The number of pyridine rings is 1. The summed E-state index contributed by atoms with van der Waals surface area (Å²) in [4.78, 5) is 53.6. The number of carbonyl (C=O) groups is 1. The number of nitrogens with one attached hydrogen (secondary N) is 1. The van der Waals surface area contributed by atoms with Crippen molar-refractivity contribution in [3.05, 3.63) is 110 Å². The molecule has 11 nitrogen and oxygen atoms in total. The summed E-state index contributed by atoms with van der Waals surface area (Å²) in [5.41, 5.74) is 1.54. The number of carbonyl (C=O) groups excluding carboxylic acids is 1. The third kappa shape index (κ3) is 5.58. The SMILES string of the molecule is COc1ccc(C(=O)N(C)c2ccc(Cc3nc4c([nH]3)c(=O)n(Cc3ccccc3F)c(=O)n4CC3CC3)cc2)c(OC)n1. The lowest BCUT2D eigenvalue weighted by Gasteiger charge is -2.19. The molecule has 5 aromatic rings. The Bertz CT molecular complexity index is 1980. The number of aromatic amines is 1. The van der Waals surface area contributed by atoms with Crippen LogP contribution in [0.5, 0.6) is 11.8 Å². The molecule has 0 radical (unpaired) electrons. The Kier molecular flexibility index (Phi) is 7.73. The smallest absolute Gasteiger partial charge is 0.333 e. The van der Waals surface area contributed by atoms with Crippen LogP contribution in [0.25, 0.3) is 11.2 Å². The fourth-order valence-corrected chi connectivity index (χ4v) is 5.14. The second-order valence-electron chi connectivity index (χ2n) is 10.8. The van der Waals surface area contributed by atoms with E-state index in [2.05, 4.69) is 15.0 Å². The van der Waals surface area contributed by atoms with Crippen molar-refractivity contribution in [1.29, 1.82) is 0 Å². The van der Waals surface area contributed by atoms with Crippen LogP contribution in [0.2, 0.25) is 0 Å². The van der Waals surface area contributed by atoms with Crippen molar-refractivity contribution in [2.75, 3.05) is 26.2 Å². The third-order valence-corrected chi connectivity index (χ3v) is 7.80. The molecular weight excluding hydrogens is 567 g/mol. The number of H-pyrrole nitrogens is 1. The minimum absolute atomic E-state index is 0.163. The maximum Gasteiger partial charge on any atom is 0.333 e. The summed E-state index contributed by atoms with van der Waals surface area (Å²) < 4.78 is 27.4. The Hall–Kier alpha value is -5.26. The summed E-state index contributed by atoms with van der Waals surface area (Å²) in [6.07, 6.45) is 2.36. The average Bonchev–Trinajstić information content (AvgIpc) is 3.78. The number of amides is 1. The maximum atomic E-state index is 14.4. The highest BCUT2D eigenvalue weighted by Gasteiger charge is 2.26. The fraction of sp³-hybridized carbons (Fsp3) is 0.281. The Morgan fingerprint density at radius 1 is 1.00 bits per heavy atom. The molecule has 44 heavy (non-hydrogen) atoms. The molecule has 0 spiro atoms. The molecule has 6 rings (SSSR count). The summed E-state index contributed by atoms with van der Waals surface area (Å²) in [7, 11) is 4.58. The number of rotatable bonds is 10. The van der Waals surface area contributed by atoms with Crippen LogP contribution in [-0.2, 0) is 19.5 Å². The molecule has 1 N–H and O–H groups in total. The quantitative estimate of drug-likeness (QED) is 0.260. The lowest BCUT2D eigenvalue weighted by molar-refractivity contribution is 0.0989. The van der Waals surface area contributed by atoms with Crippen molar-refractivity contribution in [3.8, 4) is 11.8 Å². The van der Waals surface area contributed by atoms with Gasteiger partial charge in [-0.25, -0.2) is 14.2 Å². The van der Waals surface area contributed by atoms with Gasteiger partial charge in [0, 0.05) is 37.3 Å². The predicted octanol–water partition coefficient (Wildman–Crippen LogP) is 3.76. The van der Waals surface area contributed by atoms with Crippen molar-refractivity contribution < 1.29 is 18.7 Å². The molecule has 2 aromatic carbocycles. The van der Waals surface area contributed by atoms with Gasteiger partial charge >= 0.3 is 5.69 Å². The number of ether oxygens (including phenoxy) is 2. The molecule has 1 fully saturated rings. The highest BCUT2D eigenvalue weighted by molar-refractivity contribution is 6.07. The van der Waals surface area contributed by atoms with Gasteiger partial charge in [0.15, 0.2) is 5.65 Å².